The molecule has 12 heteroatoms. The fourth-order valence-corrected chi connectivity index (χ4v) is 2.12. The first-order valence-electron chi connectivity index (χ1n) is 8.12. The van der Waals surface area contributed by atoms with Crippen LogP contribution in [0.25, 0.3) is 0 Å². The monoisotopic (exact) mass is 409 g/mol. The van der Waals surface area contributed by atoms with E-state index >= 15 is 0 Å². The SMILES string of the molecule is COc1ccc(F)c(CNc2nc(N/C(C=N)=C/NCC(N)=O)ncc2F)c1F. The number of carbonyl (C=O) groups excluding carboxylic acids is 1. The highest BCUT2D eigenvalue weighted by molar-refractivity contribution is 5.80. The molecule has 1 amide bonds. The second-order valence-corrected chi connectivity index (χ2v) is 5.50. The molecular formula is C17H18F3N7O2. The summed E-state index contributed by atoms with van der Waals surface area (Å²) in [6.07, 6.45) is 3.02. The number of allylic oxidation sites excluding steroid dienone is 1. The maximum atomic E-state index is 14.2. The molecular weight excluding hydrogens is 391 g/mol. The van der Waals surface area contributed by atoms with E-state index in [2.05, 4.69) is 25.9 Å². The van der Waals surface area contributed by atoms with Gasteiger partial charge in [0.05, 0.1) is 25.5 Å². The second-order valence-electron chi connectivity index (χ2n) is 5.50. The third-order valence-electron chi connectivity index (χ3n) is 3.49. The number of hydrogen-bond donors (Lipinski definition) is 5. The lowest BCUT2D eigenvalue weighted by Gasteiger charge is -2.12. The van der Waals surface area contributed by atoms with Gasteiger partial charge < -0.3 is 31.8 Å². The van der Waals surface area contributed by atoms with Crippen molar-refractivity contribution in [3.05, 3.63) is 53.2 Å². The number of carbonyl (C=O) groups is 1. The molecule has 0 aliphatic carbocycles. The molecule has 2 aromatic rings. The molecule has 0 unspecified atom stereocenters. The van der Waals surface area contributed by atoms with Gasteiger partial charge in [-0.2, -0.15) is 4.98 Å². The maximum absolute atomic E-state index is 14.2. The van der Waals surface area contributed by atoms with Crippen LogP contribution in [0.5, 0.6) is 5.75 Å². The average molecular weight is 409 g/mol. The predicted octanol–water partition coefficient (Wildman–Crippen LogP) is 1.49. The molecule has 1 heterocycles. The molecule has 154 valence electrons. The van der Waals surface area contributed by atoms with E-state index < -0.39 is 29.9 Å². The minimum atomic E-state index is -0.914. The molecule has 1 aromatic heterocycles. The van der Waals surface area contributed by atoms with E-state index in [1.807, 2.05) is 0 Å². The van der Waals surface area contributed by atoms with Crippen LogP contribution in [0.3, 0.4) is 0 Å². The largest absolute Gasteiger partial charge is 0.494 e. The summed E-state index contributed by atoms with van der Waals surface area (Å²) < 4.78 is 46.9. The number of benzene rings is 1. The Kier molecular flexibility index (Phi) is 7.34. The van der Waals surface area contributed by atoms with Crippen LogP contribution in [0.2, 0.25) is 0 Å². The maximum Gasteiger partial charge on any atom is 0.236 e. The van der Waals surface area contributed by atoms with Crippen molar-refractivity contribution >= 4 is 23.9 Å². The third kappa shape index (κ3) is 5.82. The molecule has 9 nitrogen and oxygen atoms in total. The summed E-state index contributed by atoms with van der Waals surface area (Å²) in [5, 5.41) is 15.0. The molecule has 1 aromatic carbocycles. The minimum absolute atomic E-state index is 0.101. The molecule has 0 atom stereocenters. The van der Waals surface area contributed by atoms with E-state index in [0.717, 1.165) is 24.5 Å². The number of nitrogens with two attached hydrogens (primary N) is 1. The predicted molar refractivity (Wildman–Crippen MR) is 99.9 cm³/mol. The summed E-state index contributed by atoms with van der Waals surface area (Å²) in [5.41, 5.74) is 4.78. The molecule has 0 spiro atoms. The number of nitrogens with zero attached hydrogens (tertiary/aromatic N) is 2. The highest BCUT2D eigenvalue weighted by atomic mass is 19.1. The zero-order valence-corrected chi connectivity index (χ0v) is 15.2. The van der Waals surface area contributed by atoms with Gasteiger partial charge in [0.2, 0.25) is 11.9 Å². The van der Waals surface area contributed by atoms with Crippen molar-refractivity contribution in [3.63, 3.8) is 0 Å². The lowest BCUT2D eigenvalue weighted by Crippen LogP contribution is -2.25. The van der Waals surface area contributed by atoms with Crippen molar-refractivity contribution in [2.45, 2.75) is 6.54 Å². The Morgan fingerprint density at radius 1 is 1.31 bits per heavy atom. The van der Waals surface area contributed by atoms with Crippen LogP contribution in [0, 0.1) is 22.9 Å². The number of ether oxygens (including phenoxy) is 1. The first-order chi connectivity index (χ1) is 13.8. The summed E-state index contributed by atoms with van der Waals surface area (Å²) in [7, 11) is 1.24. The lowest BCUT2D eigenvalue weighted by atomic mass is 10.2. The van der Waals surface area contributed by atoms with E-state index in [1.165, 1.54) is 13.3 Å². The van der Waals surface area contributed by atoms with Crippen molar-refractivity contribution in [2.24, 2.45) is 5.73 Å². The molecule has 0 aliphatic heterocycles. The third-order valence-corrected chi connectivity index (χ3v) is 3.49. The minimum Gasteiger partial charge on any atom is -0.494 e. The number of rotatable bonds is 10. The summed E-state index contributed by atoms with van der Waals surface area (Å²) in [4.78, 5) is 18.3. The molecule has 0 fully saturated rings. The van der Waals surface area contributed by atoms with Gasteiger partial charge in [-0.1, -0.05) is 0 Å². The molecule has 6 N–H and O–H groups in total. The number of primary amides is 1. The quantitative estimate of drug-likeness (QED) is 0.375. The van der Waals surface area contributed by atoms with Crippen molar-refractivity contribution in [1.29, 1.82) is 5.41 Å². The van der Waals surface area contributed by atoms with Crippen LogP contribution in [-0.2, 0) is 11.3 Å². The van der Waals surface area contributed by atoms with Gasteiger partial charge in [0, 0.05) is 24.5 Å². The molecule has 0 saturated heterocycles. The number of nitrogens with one attached hydrogen (secondary N) is 4. The Morgan fingerprint density at radius 2 is 2.07 bits per heavy atom. The standard InChI is InChI=1S/C17H18F3N7O2/c1-29-13-3-2-11(18)10(15(13)20)6-24-16-12(19)7-25-17(27-16)26-9(4-21)5-23-8-14(22)28/h2-5,7,21,23H,6,8H2,1H3,(H2,22,28)(H2,24,25,26,27)/b9-5+,21-4?. The van der Waals surface area contributed by atoms with Gasteiger partial charge in [-0.15, -0.1) is 0 Å². The topological polar surface area (TPSA) is 138 Å². The first-order valence-corrected chi connectivity index (χ1v) is 8.12. The molecule has 0 aliphatic rings. The van der Waals surface area contributed by atoms with Crippen LogP contribution in [-0.4, -0.2) is 35.7 Å². The summed E-state index contributed by atoms with van der Waals surface area (Å²) >= 11 is 0. The Labute approximate surface area is 163 Å². The van der Waals surface area contributed by atoms with E-state index in [9.17, 15) is 18.0 Å². The van der Waals surface area contributed by atoms with E-state index in [-0.39, 0.29) is 35.3 Å². The van der Waals surface area contributed by atoms with Gasteiger partial charge in [0.1, 0.15) is 5.82 Å². The normalized spacial score (nSPS) is 11.0. The Morgan fingerprint density at radius 3 is 2.72 bits per heavy atom. The van der Waals surface area contributed by atoms with Crippen LogP contribution in [0.1, 0.15) is 5.56 Å². The number of anilines is 2. The van der Waals surface area contributed by atoms with Gasteiger partial charge in [-0.25, -0.2) is 18.2 Å². The van der Waals surface area contributed by atoms with Crippen LogP contribution in [0.15, 0.2) is 30.2 Å². The molecule has 2 rings (SSSR count). The zero-order valence-electron chi connectivity index (χ0n) is 15.2. The van der Waals surface area contributed by atoms with Crippen molar-refractivity contribution in [1.82, 2.24) is 15.3 Å². The second kappa shape index (κ2) is 9.92. The van der Waals surface area contributed by atoms with Crippen LogP contribution >= 0.6 is 0 Å². The number of methoxy groups -OCH3 is 1. The van der Waals surface area contributed by atoms with Crippen LogP contribution < -0.4 is 26.4 Å². The summed E-state index contributed by atoms with van der Waals surface area (Å²) in [5.74, 6) is -3.79. The summed E-state index contributed by atoms with van der Waals surface area (Å²) in [6, 6.07) is 2.17. The van der Waals surface area contributed by atoms with Gasteiger partial charge in [0.15, 0.2) is 23.2 Å². The Bertz CT molecular complexity index is 937. The van der Waals surface area contributed by atoms with E-state index in [1.54, 1.807) is 0 Å². The Hall–Kier alpha value is -3.83. The van der Waals surface area contributed by atoms with Gasteiger partial charge >= 0.3 is 0 Å². The fraction of sp³-hybridized carbons (Fsp3) is 0.176. The highest BCUT2D eigenvalue weighted by Gasteiger charge is 2.15. The van der Waals surface area contributed by atoms with Gasteiger partial charge in [-0.05, 0) is 12.1 Å². The van der Waals surface area contributed by atoms with E-state index in [0.29, 0.717) is 0 Å². The number of hydrogen-bond acceptors (Lipinski definition) is 8. The first kappa shape index (κ1) is 21.5. The number of aromatic nitrogens is 2. The Balaban J connectivity index is 2.15. The molecule has 29 heavy (non-hydrogen) atoms. The highest BCUT2D eigenvalue weighted by Crippen LogP contribution is 2.24. The van der Waals surface area contributed by atoms with Crippen LogP contribution in [0.4, 0.5) is 24.9 Å². The number of amides is 1. The average Bonchev–Trinajstić information content (AvgIpc) is 2.69. The zero-order chi connectivity index (χ0) is 21.4. The molecule has 0 radical (unpaired) electrons. The molecule has 0 bridgehead atoms. The van der Waals surface area contributed by atoms with E-state index in [4.69, 9.17) is 15.9 Å². The fourth-order valence-electron chi connectivity index (χ4n) is 2.12. The van der Waals surface area contributed by atoms with Crippen molar-refractivity contribution < 1.29 is 22.7 Å². The lowest BCUT2D eigenvalue weighted by molar-refractivity contribution is -0.117. The van der Waals surface area contributed by atoms with Gasteiger partial charge in [-0.3, -0.25) is 4.79 Å². The smallest absolute Gasteiger partial charge is 0.236 e. The molecule has 0 saturated carbocycles. The van der Waals surface area contributed by atoms with Gasteiger partial charge in [0.25, 0.3) is 0 Å². The number of halogens is 3. The van der Waals surface area contributed by atoms with Crippen molar-refractivity contribution in [3.8, 4) is 5.75 Å². The summed E-state index contributed by atoms with van der Waals surface area (Å²) in [6.45, 7) is -0.566. The van der Waals surface area contributed by atoms with Crippen molar-refractivity contribution in [2.75, 3.05) is 24.3 Å².